The normalized spacial score (nSPS) is 15.8. The van der Waals surface area contributed by atoms with E-state index >= 15 is 0 Å². The van der Waals surface area contributed by atoms with Crippen LogP contribution < -0.4 is 10.3 Å². The Balaban J connectivity index is 0. The molecule has 8 heavy (non-hydrogen) atoms. The molecule has 2 atom stereocenters. The van der Waals surface area contributed by atoms with Crippen molar-refractivity contribution >= 4 is 23.5 Å². The van der Waals surface area contributed by atoms with Crippen LogP contribution in [0.2, 0.25) is 0 Å². The summed E-state index contributed by atoms with van der Waals surface area (Å²) in [6.45, 7) is 0. The maximum Gasteiger partial charge on any atom is 0.272 e. The molecule has 0 aliphatic carbocycles. The van der Waals surface area contributed by atoms with Gasteiger partial charge in [0.25, 0.3) is 23.5 Å². The summed E-state index contributed by atoms with van der Waals surface area (Å²) in [6.07, 6.45) is 0. The fourth-order valence-electron chi connectivity index (χ4n) is 0. The average molecular weight is 166 g/mol. The van der Waals surface area contributed by atoms with Crippen LogP contribution in [0.1, 0.15) is 0 Å². The molecule has 0 bridgehead atoms. The fraction of sp³-hybridized carbons (Fsp3) is 0. The van der Waals surface area contributed by atoms with E-state index in [2.05, 4.69) is 10.3 Å². The number of halogens is 2. The molecule has 0 rings (SSSR count). The number of hydrogen-bond acceptors (Lipinski definition) is 4. The highest BCUT2D eigenvalue weighted by Gasteiger charge is 1.80. The molecule has 0 aliphatic heterocycles. The summed E-state index contributed by atoms with van der Waals surface area (Å²) in [5.41, 5.74) is 0. The first-order chi connectivity index (χ1) is 3.46. The molecule has 0 amide bonds. The Morgan fingerprint density at radius 2 is 1.00 bits per heavy atom. The van der Waals surface area contributed by atoms with E-state index < -0.39 is 23.5 Å². The molecule has 0 radical (unpaired) electrons. The standard InChI is InChI=1S/2FH2NOS/c2*1-4(2)3/h2*2H2. The van der Waals surface area contributed by atoms with E-state index in [9.17, 15) is 7.77 Å². The summed E-state index contributed by atoms with van der Waals surface area (Å²) in [5, 5.41) is 7.83. The number of nitrogens with two attached hydrogens (primary N) is 2. The maximum absolute atomic E-state index is 10.2. The van der Waals surface area contributed by atoms with Gasteiger partial charge in [0.15, 0.2) is 0 Å². The van der Waals surface area contributed by atoms with Gasteiger partial charge in [0.2, 0.25) is 0 Å². The molecule has 0 heterocycles. The van der Waals surface area contributed by atoms with Crippen LogP contribution in [0, 0.1) is 0 Å². The first-order valence-corrected chi connectivity index (χ1v) is 3.34. The lowest BCUT2D eigenvalue weighted by atomic mass is 13.9. The summed E-state index contributed by atoms with van der Waals surface area (Å²) in [6, 6.07) is 0. The first-order valence-electron chi connectivity index (χ1n) is 1.11. The third-order valence-electron chi connectivity index (χ3n) is 0. The quantitative estimate of drug-likeness (QED) is 0.450. The van der Waals surface area contributed by atoms with Gasteiger partial charge in [-0.1, -0.05) is 0 Å². The zero-order valence-electron chi connectivity index (χ0n) is 3.54. The highest BCUT2D eigenvalue weighted by Crippen LogP contribution is 1.67. The molecule has 0 aromatic carbocycles. The van der Waals surface area contributed by atoms with E-state index in [-0.39, 0.29) is 0 Å². The third kappa shape index (κ3) is 1170. The smallest absolute Gasteiger partial charge is 0.272 e. The molecular formula is H4F2N2O2S2. The molecule has 0 saturated carbocycles. The molecule has 52 valence electrons. The zero-order valence-corrected chi connectivity index (χ0v) is 5.18. The highest BCUT2D eigenvalue weighted by molar-refractivity contribution is 7.84. The summed E-state index contributed by atoms with van der Waals surface area (Å²) in [4.78, 5) is 0. The van der Waals surface area contributed by atoms with Crippen LogP contribution in [0.5, 0.6) is 0 Å². The van der Waals surface area contributed by atoms with Gasteiger partial charge in [-0.2, -0.15) is 0 Å². The second kappa shape index (κ2) is 7.40. The average Bonchev–Trinajstić information content (AvgIpc) is 1.25. The largest absolute Gasteiger partial charge is 0.561 e. The molecule has 8 heteroatoms. The zero-order chi connectivity index (χ0) is 7.15. The van der Waals surface area contributed by atoms with E-state index in [0.29, 0.717) is 0 Å². The van der Waals surface area contributed by atoms with Crippen LogP contribution >= 0.6 is 0 Å². The molecule has 0 aliphatic rings. The van der Waals surface area contributed by atoms with Crippen molar-refractivity contribution < 1.29 is 16.9 Å². The van der Waals surface area contributed by atoms with Gasteiger partial charge in [-0.05, 0) is 0 Å². The summed E-state index contributed by atoms with van der Waals surface area (Å²) in [7, 11) is 0. The van der Waals surface area contributed by atoms with Gasteiger partial charge in [-0.3, -0.25) is 0 Å². The van der Waals surface area contributed by atoms with Gasteiger partial charge >= 0.3 is 0 Å². The maximum atomic E-state index is 10.2. The SMILES string of the molecule is N[S+]([O-])F.N[S+]([O-])F. The molecule has 0 aromatic heterocycles. The van der Waals surface area contributed by atoms with Crippen molar-refractivity contribution in [1.29, 1.82) is 0 Å². The molecule has 0 saturated heterocycles. The van der Waals surface area contributed by atoms with E-state index in [1.165, 1.54) is 0 Å². The monoisotopic (exact) mass is 166 g/mol. The topological polar surface area (TPSA) is 98.2 Å². The lowest BCUT2D eigenvalue weighted by molar-refractivity contribution is 0.551. The summed E-state index contributed by atoms with van der Waals surface area (Å²) in [5.74, 6) is 0. The van der Waals surface area contributed by atoms with Crippen LogP contribution in [0.3, 0.4) is 0 Å². The Labute approximate surface area is 51.4 Å². The Hall–Kier alpha value is 0.400. The second-order valence-corrected chi connectivity index (χ2v) is 1.49. The number of hydrogen-bond donors (Lipinski definition) is 2. The van der Waals surface area contributed by atoms with Crippen molar-refractivity contribution in [2.24, 2.45) is 10.3 Å². The molecule has 0 spiro atoms. The molecule has 4 nitrogen and oxygen atoms in total. The van der Waals surface area contributed by atoms with Gasteiger partial charge in [-0.25, -0.2) is 0 Å². The van der Waals surface area contributed by atoms with Crippen molar-refractivity contribution in [3.05, 3.63) is 0 Å². The van der Waals surface area contributed by atoms with Crippen LogP contribution in [0.25, 0.3) is 0 Å². The summed E-state index contributed by atoms with van der Waals surface area (Å²) >= 11 is -5.22. The predicted molar refractivity (Wildman–Crippen MR) is 26.9 cm³/mol. The Morgan fingerprint density at radius 3 is 1.00 bits per heavy atom. The van der Waals surface area contributed by atoms with E-state index in [0.717, 1.165) is 0 Å². The van der Waals surface area contributed by atoms with Crippen molar-refractivity contribution in [2.45, 2.75) is 0 Å². The fourth-order valence-corrected chi connectivity index (χ4v) is 0. The van der Waals surface area contributed by atoms with Crippen molar-refractivity contribution in [1.82, 2.24) is 0 Å². The van der Waals surface area contributed by atoms with Crippen LogP contribution in [0.15, 0.2) is 0 Å². The minimum Gasteiger partial charge on any atom is -0.561 e. The minimum absolute atomic E-state index is 2.61. The Morgan fingerprint density at radius 1 is 1.00 bits per heavy atom. The Kier molecular flexibility index (Phi) is 10.4. The predicted octanol–water partition coefficient (Wildman–Crippen LogP) is -1.01. The Bertz CT molecular complexity index is 31.5. The second-order valence-electron chi connectivity index (χ2n) is 0.497. The van der Waals surface area contributed by atoms with E-state index in [1.54, 1.807) is 0 Å². The minimum atomic E-state index is -2.61. The van der Waals surface area contributed by atoms with Crippen LogP contribution in [0.4, 0.5) is 7.77 Å². The van der Waals surface area contributed by atoms with Crippen molar-refractivity contribution in [3.8, 4) is 0 Å². The molecular weight excluding hydrogens is 162 g/mol. The molecule has 0 fully saturated rings. The van der Waals surface area contributed by atoms with Gasteiger partial charge in [0.05, 0.1) is 0 Å². The van der Waals surface area contributed by atoms with Crippen molar-refractivity contribution in [2.75, 3.05) is 0 Å². The van der Waals surface area contributed by atoms with Gasteiger partial charge in [0, 0.05) is 7.77 Å². The molecule has 4 N–H and O–H groups in total. The van der Waals surface area contributed by atoms with Gasteiger partial charge in [0.1, 0.15) is 0 Å². The lowest BCUT2D eigenvalue weighted by Crippen LogP contribution is -2.01. The molecule has 2 unspecified atom stereocenters. The number of rotatable bonds is 0. The van der Waals surface area contributed by atoms with E-state index in [1.807, 2.05) is 0 Å². The summed E-state index contributed by atoms with van der Waals surface area (Å²) < 4.78 is 37.8. The van der Waals surface area contributed by atoms with Crippen LogP contribution in [-0.2, 0) is 23.5 Å². The lowest BCUT2D eigenvalue weighted by Gasteiger charge is -1.74. The highest BCUT2D eigenvalue weighted by atomic mass is 32.3. The van der Waals surface area contributed by atoms with Gasteiger partial charge < -0.3 is 9.11 Å². The van der Waals surface area contributed by atoms with E-state index in [4.69, 9.17) is 9.11 Å². The third-order valence-corrected chi connectivity index (χ3v) is 0. The molecule has 0 aromatic rings. The van der Waals surface area contributed by atoms with Crippen LogP contribution in [-0.4, -0.2) is 9.11 Å². The van der Waals surface area contributed by atoms with Gasteiger partial charge in [-0.15, -0.1) is 10.3 Å². The van der Waals surface area contributed by atoms with Crippen molar-refractivity contribution in [3.63, 3.8) is 0 Å². The first kappa shape index (κ1) is 11.2.